The number of likely N-dealkylation sites (N-methyl/N-ethyl adjacent to an activating group) is 1. The van der Waals surface area contributed by atoms with Crippen LogP contribution in [0.5, 0.6) is 5.75 Å². The van der Waals surface area contributed by atoms with Gasteiger partial charge in [0.15, 0.2) is 0 Å². The number of carbonyl (C=O) groups is 1. The van der Waals surface area contributed by atoms with Crippen LogP contribution in [-0.2, 0) is 4.74 Å². The van der Waals surface area contributed by atoms with E-state index in [0.29, 0.717) is 6.54 Å². The first-order chi connectivity index (χ1) is 11.1. The third-order valence-corrected chi connectivity index (χ3v) is 4.10. The molecular formula is C17H27N3O3. The van der Waals surface area contributed by atoms with Gasteiger partial charge in [0.25, 0.3) is 0 Å². The van der Waals surface area contributed by atoms with Crippen LogP contribution < -0.4 is 15.4 Å². The summed E-state index contributed by atoms with van der Waals surface area (Å²) in [5, 5.41) is 5.75. The second kappa shape index (κ2) is 8.74. The van der Waals surface area contributed by atoms with Gasteiger partial charge >= 0.3 is 6.03 Å². The van der Waals surface area contributed by atoms with Gasteiger partial charge in [0, 0.05) is 25.3 Å². The second-order valence-electron chi connectivity index (χ2n) is 5.74. The van der Waals surface area contributed by atoms with E-state index in [1.807, 2.05) is 25.1 Å². The molecule has 1 atom stereocenters. The number of nitrogens with one attached hydrogen (secondary N) is 2. The molecule has 1 fully saturated rings. The number of hydrogen-bond donors (Lipinski definition) is 2. The van der Waals surface area contributed by atoms with Crippen molar-refractivity contribution in [1.82, 2.24) is 10.2 Å². The minimum Gasteiger partial charge on any atom is -0.497 e. The Morgan fingerprint density at radius 2 is 2.30 bits per heavy atom. The van der Waals surface area contributed by atoms with Gasteiger partial charge in [-0.15, -0.1) is 0 Å². The summed E-state index contributed by atoms with van der Waals surface area (Å²) in [6.07, 6.45) is 1.03. The monoisotopic (exact) mass is 321 g/mol. The lowest BCUT2D eigenvalue weighted by Gasteiger charge is -2.32. The number of morpholine rings is 1. The van der Waals surface area contributed by atoms with Crippen LogP contribution in [0, 0.1) is 6.92 Å². The number of ether oxygens (including phenoxy) is 2. The first kappa shape index (κ1) is 17.6. The van der Waals surface area contributed by atoms with E-state index in [2.05, 4.69) is 22.5 Å². The first-order valence-corrected chi connectivity index (χ1v) is 8.15. The minimum atomic E-state index is -0.193. The SMILES string of the molecule is CCN1CCO[C@H](CCNC(=O)Nc2ccc(OC)cc2C)C1. The van der Waals surface area contributed by atoms with Crippen molar-refractivity contribution >= 4 is 11.7 Å². The van der Waals surface area contributed by atoms with E-state index in [4.69, 9.17) is 9.47 Å². The third-order valence-electron chi connectivity index (χ3n) is 4.10. The zero-order valence-corrected chi connectivity index (χ0v) is 14.2. The summed E-state index contributed by atoms with van der Waals surface area (Å²) < 4.78 is 10.9. The van der Waals surface area contributed by atoms with Gasteiger partial charge in [-0.2, -0.15) is 0 Å². The van der Waals surface area contributed by atoms with E-state index in [-0.39, 0.29) is 12.1 Å². The van der Waals surface area contributed by atoms with E-state index in [1.165, 1.54) is 0 Å². The molecule has 128 valence electrons. The zero-order valence-electron chi connectivity index (χ0n) is 14.2. The number of carbonyl (C=O) groups excluding carboxylic acids is 1. The molecule has 0 aliphatic carbocycles. The highest BCUT2D eigenvalue weighted by Gasteiger charge is 2.18. The summed E-state index contributed by atoms with van der Waals surface area (Å²) in [4.78, 5) is 14.3. The largest absolute Gasteiger partial charge is 0.497 e. The zero-order chi connectivity index (χ0) is 16.7. The number of nitrogens with zero attached hydrogens (tertiary/aromatic N) is 1. The van der Waals surface area contributed by atoms with E-state index < -0.39 is 0 Å². The van der Waals surface area contributed by atoms with Crippen molar-refractivity contribution < 1.29 is 14.3 Å². The maximum Gasteiger partial charge on any atom is 0.319 e. The molecule has 1 saturated heterocycles. The topological polar surface area (TPSA) is 62.8 Å². The van der Waals surface area contributed by atoms with E-state index in [0.717, 1.165) is 49.7 Å². The maximum atomic E-state index is 12.0. The Kier molecular flexibility index (Phi) is 6.67. The van der Waals surface area contributed by atoms with Gasteiger partial charge < -0.3 is 20.1 Å². The summed E-state index contributed by atoms with van der Waals surface area (Å²) in [5.41, 5.74) is 1.75. The summed E-state index contributed by atoms with van der Waals surface area (Å²) in [7, 11) is 1.63. The smallest absolute Gasteiger partial charge is 0.319 e. The van der Waals surface area contributed by atoms with Gasteiger partial charge in [-0.25, -0.2) is 4.79 Å². The van der Waals surface area contributed by atoms with Crippen molar-refractivity contribution in [2.75, 3.05) is 45.2 Å². The molecule has 0 saturated carbocycles. The molecule has 1 heterocycles. The Morgan fingerprint density at radius 1 is 1.48 bits per heavy atom. The average Bonchev–Trinajstić information content (AvgIpc) is 2.57. The van der Waals surface area contributed by atoms with E-state index in [1.54, 1.807) is 7.11 Å². The minimum absolute atomic E-state index is 0.193. The van der Waals surface area contributed by atoms with Crippen molar-refractivity contribution in [2.45, 2.75) is 26.4 Å². The molecule has 1 aromatic carbocycles. The van der Waals surface area contributed by atoms with Crippen molar-refractivity contribution in [2.24, 2.45) is 0 Å². The Balaban J connectivity index is 1.73. The van der Waals surface area contributed by atoms with E-state index >= 15 is 0 Å². The van der Waals surface area contributed by atoms with Crippen LogP contribution in [-0.4, -0.2) is 56.9 Å². The molecule has 2 amide bonds. The van der Waals surface area contributed by atoms with Crippen molar-refractivity contribution in [1.29, 1.82) is 0 Å². The quantitative estimate of drug-likeness (QED) is 0.843. The van der Waals surface area contributed by atoms with Gasteiger partial charge in [-0.1, -0.05) is 6.92 Å². The number of rotatable bonds is 6. The summed E-state index contributed by atoms with van der Waals surface area (Å²) in [6.45, 7) is 8.46. The standard InChI is InChI=1S/C17H27N3O3/c1-4-20-9-10-23-15(12-20)7-8-18-17(21)19-16-6-5-14(22-3)11-13(16)2/h5-6,11,15H,4,7-10,12H2,1-3H3,(H2,18,19,21)/t15-/m1/s1. The Bertz CT molecular complexity index is 522. The fourth-order valence-corrected chi connectivity index (χ4v) is 2.66. The molecular weight excluding hydrogens is 294 g/mol. The van der Waals surface area contributed by atoms with Gasteiger partial charge in [-0.3, -0.25) is 4.90 Å². The van der Waals surface area contributed by atoms with Gasteiger partial charge in [0.05, 0.1) is 19.8 Å². The van der Waals surface area contributed by atoms with Crippen LogP contribution in [0.2, 0.25) is 0 Å². The first-order valence-electron chi connectivity index (χ1n) is 8.15. The molecule has 0 radical (unpaired) electrons. The molecule has 0 bridgehead atoms. The Labute approximate surface area is 138 Å². The Morgan fingerprint density at radius 3 is 3.00 bits per heavy atom. The number of anilines is 1. The fourth-order valence-electron chi connectivity index (χ4n) is 2.66. The molecule has 1 aliphatic heterocycles. The summed E-state index contributed by atoms with van der Waals surface area (Å²) in [6, 6.07) is 5.38. The third kappa shape index (κ3) is 5.41. The van der Waals surface area contributed by atoms with Crippen molar-refractivity contribution in [3.8, 4) is 5.75 Å². The molecule has 6 heteroatoms. The number of hydrogen-bond acceptors (Lipinski definition) is 4. The molecule has 1 aromatic rings. The predicted octanol–water partition coefficient (Wildman–Crippen LogP) is 2.24. The molecule has 6 nitrogen and oxygen atoms in total. The van der Waals surface area contributed by atoms with Crippen molar-refractivity contribution in [3.63, 3.8) is 0 Å². The molecule has 1 aliphatic rings. The number of amides is 2. The Hall–Kier alpha value is -1.79. The average molecular weight is 321 g/mol. The summed E-state index contributed by atoms with van der Waals surface area (Å²) >= 11 is 0. The number of urea groups is 1. The molecule has 2 rings (SSSR count). The van der Waals surface area contributed by atoms with Crippen molar-refractivity contribution in [3.05, 3.63) is 23.8 Å². The van der Waals surface area contributed by atoms with Crippen LogP contribution in [0.3, 0.4) is 0 Å². The normalized spacial score (nSPS) is 18.5. The van der Waals surface area contributed by atoms with Crippen LogP contribution in [0.15, 0.2) is 18.2 Å². The van der Waals surface area contributed by atoms with Crippen LogP contribution >= 0.6 is 0 Å². The lowest BCUT2D eigenvalue weighted by atomic mass is 10.2. The summed E-state index contributed by atoms with van der Waals surface area (Å²) in [5.74, 6) is 0.781. The predicted molar refractivity (Wildman–Crippen MR) is 91.2 cm³/mol. The second-order valence-corrected chi connectivity index (χ2v) is 5.74. The molecule has 2 N–H and O–H groups in total. The highest BCUT2D eigenvalue weighted by molar-refractivity contribution is 5.90. The fraction of sp³-hybridized carbons (Fsp3) is 0.588. The number of aryl methyl sites for hydroxylation is 1. The molecule has 0 spiro atoms. The van der Waals surface area contributed by atoms with Gasteiger partial charge in [0.1, 0.15) is 5.75 Å². The lowest BCUT2D eigenvalue weighted by molar-refractivity contribution is -0.0294. The highest BCUT2D eigenvalue weighted by Crippen LogP contribution is 2.20. The highest BCUT2D eigenvalue weighted by atomic mass is 16.5. The molecule has 23 heavy (non-hydrogen) atoms. The van der Waals surface area contributed by atoms with E-state index in [9.17, 15) is 4.79 Å². The van der Waals surface area contributed by atoms with Crippen LogP contribution in [0.4, 0.5) is 10.5 Å². The number of benzene rings is 1. The van der Waals surface area contributed by atoms with Crippen LogP contribution in [0.25, 0.3) is 0 Å². The number of methoxy groups -OCH3 is 1. The van der Waals surface area contributed by atoms with Gasteiger partial charge in [-0.05, 0) is 43.7 Å². The maximum absolute atomic E-state index is 12.0. The van der Waals surface area contributed by atoms with Crippen LogP contribution in [0.1, 0.15) is 18.9 Å². The molecule has 0 aromatic heterocycles. The van der Waals surface area contributed by atoms with Gasteiger partial charge in [0.2, 0.25) is 0 Å². The lowest BCUT2D eigenvalue weighted by Crippen LogP contribution is -2.43. The molecule has 0 unspecified atom stereocenters.